The summed E-state index contributed by atoms with van der Waals surface area (Å²) in [7, 11) is 0. The Kier molecular flexibility index (Phi) is 2.32. The van der Waals surface area contributed by atoms with Crippen LogP contribution in [0.2, 0.25) is 0 Å². The van der Waals surface area contributed by atoms with Gasteiger partial charge in [-0.2, -0.15) is 0 Å². The summed E-state index contributed by atoms with van der Waals surface area (Å²) in [6.07, 6.45) is 2.86. The van der Waals surface area contributed by atoms with Gasteiger partial charge in [-0.25, -0.2) is 4.68 Å². The van der Waals surface area contributed by atoms with E-state index in [4.69, 9.17) is 4.74 Å². The van der Waals surface area contributed by atoms with Crippen LogP contribution in [0, 0.1) is 10.1 Å². The van der Waals surface area contributed by atoms with Crippen LogP contribution in [0.3, 0.4) is 0 Å². The van der Waals surface area contributed by atoms with Gasteiger partial charge in [-0.15, -0.1) is 0 Å². The van der Waals surface area contributed by atoms with E-state index in [9.17, 15) is 10.1 Å². The Morgan fingerprint density at radius 2 is 2.21 bits per heavy atom. The van der Waals surface area contributed by atoms with Gasteiger partial charge in [0.15, 0.2) is 0 Å². The Morgan fingerprint density at radius 3 is 2.79 bits per heavy atom. The van der Waals surface area contributed by atoms with Crippen LogP contribution in [0.15, 0.2) is 12.5 Å². The molecule has 1 saturated heterocycles. The van der Waals surface area contributed by atoms with Crippen molar-refractivity contribution in [3.8, 4) is 0 Å². The number of nitro groups is 1. The van der Waals surface area contributed by atoms with Crippen molar-refractivity contribution >= 4 is 5.82 Å². The second kappa shape index (κ2) is 3.62. The van der Waals surface area contributed by atoms with Crippen molar-refractivity contribution in [2.45, 2.75) is 0 Å². The zero-order chi connectivity index (χ0) is 9.97. The Balaban J connectivity index is 2.11. The lowest BCUT2D eigenvalue weighted by Crippen LogP contribution is -2.43. The van der Waals surface area contributed by atoms with Gasteiger partial charge in [-0.3, -0.25) is 0 Å². The van der Waals surface area contributed by atoms with E-state index < -0.39 is 4.92 Å². The van der Waals surface area contributed by atoms with Crippen molar-refractivity contribution in [2.24, 2.45) is 0 Å². The fourth-order valence-corrected chi connectivity index (χ4v) is 1.34. The predicted octanol–water partition coefficient (Wildman–Crippen LogP) is -0.241. The number of imidazole rings is 1. The monoisotopic (exact) mass is 198 g/mol. The van der Waals surface area contributed by atoms with E-state index in [0.717, 1.165) is 13.1 Å². The van der Waals surface area contributed by atoms with Crippen LogP contribution < -0.4 is 5.01 Å². The standard InChI is InChI=1S/C7H10N4O3/c12-11(13)7-5-10(6-8-7)9-1-3-14-4-2-9/h5-6H,1-4H2. The topological polar surface area (TPSA) is 73.4 Å². The van der Waals surface area contributed by atoms with E-state index in [0.29, 0.717) is 13.2 Å². The first-order chi connectivity index (χ1) is 6.77. The molecule has 1 aliphatic heterocycles. The van der Waals surface area contributed by atoms with Crippen molar-refractivity contribution < 1.29 is 9.66 Å². The van der Waals surface area contributed by atoms with Gasteiger partial charge >= 0.3 is 5.82 Å². The number of rotatable bonds is 2. The van der Waals surface area contributed by atoms with E-state index in [2.05, 4.69) is 4.98 Å². The van der Waals surface area contributed by atoms with Crippen LogP contribution in [0.25, 0.3) is 0 Å². The summed E-state index contributed by atoms with van der Waals surface area (Å²) in [5.41, 5.74) is 0. The summed E-state index contributed by atoms with van der Waals surface area (Å²) >= 11 is 0. The highest BCUT2D eigenvalue weighted by Crippen LogP contribution is 2.07. The largest absolute Gasteiger partial charge is 0.383 e. The molecule has 76 valence electrons. The zero-order valence-electron chi connectivity index (χ0n) is 7.50. The summed E-state index contributed by atoms with van der Waals surface area (Å²) < 4.78 is 6.81. The lowest BCUT2D eigenvalue weighted by molar-refractivity contribution is -0.389. The van der Waals surface area contributed by atoms with Crippen molar-refractivity contribution in [3.63, 3.8) is 0 Å². The second-order valence-corrected chi connectivity index (χ2v) is 2.94. The van der Waals surface area contributed by atoms with E-state index in [-0.39, 0.29) is 5.82 Å². The van der Waals surface area contributed by atoms with E-state index in [1.165, 1.54) is 12.5 Å². The molecule has 14 heavy (non-hydrogen) atoms. The van der Waals surface area contributed by atoms with Crippen LogP contribution in [-0.2, 0) is 4.74 Å². The molecule has 0 N–H and O–H groups in total. The quantitative estimate of drug-likeness (QED) is 0.484. The molecule has 0 radical (unpaired) electrons. The van der Waals surface area contributed by atoms with Gasteiger partial charge in [-0.1, -0.05) is 0 Å². The number of aromatic nitrogens is 2. The predicted molar refractivity (Wildman–Crippen MR) is 47.7 cm³/mol. The minimum atomic E-state index is -0.503. The Morgan fingerprint density at radius 1 is 1.50 bits per heavy atom. The van der Waals surface area contributed by atoms with Gasteiger partial charge in [0.2, 0.25) is 6.33 Å². The van der Waals surface area contributed by atoms with E-state index in [1.54, 1.807) is 4.68 Å². The van der Waals surface area contributed by atoms with Crippen LogP contribution in [0.1, 0.15) is 0 Å². The number of morpholine rings is 1. The van der Waals surface area contributed by atoms with E-state index in [1.807, 2.05) is 5.01 Å². The Bertz CT molecular complexity index is 331. The van der Waals surface area contributed by atoms with Crippen LogP contribution >= 0.6 is 0 Å². The van der Waals surface area contributed by atoms with Crippen LogP contribution in [0.5, 0.6) is 0 Å². The first-order valence-electron chi connectivity index (χ1n) is 4.29. The first kappa shape index (κ1) is 8.95. The lowest BCUT2D eigenvalue weighted by atomic mass is 10.5. The average molecular weight is 198 g/mol. The van der Waals surface area contributed by atoms with Crippen molar-refractivity contribution in [2.75, 3.05) is 31.3 Å². The molecule has 0 spiro atoms. The minimum absolute atomic E-state index is 0.128. The molecule has 0 amide bonds. The number of hydrogen-bond acceptors (Lipinski definition) is 5. The van der Waals surface area contributed by atoms with Crippen molar-refractivity contribution in [3.05, 3.63) is 22.6 Å². The highest BCUT2D eigenvalue weighted by atomic mass is 16.6. The van der Waals surface area contributed by atoms with Gasteiger partial charge in [0, 0.05) is 0 Å². The minimum Gasteiger partial charge on any atom is -0.378 e. The van der Waals surface area contributed by atoms with Gasteiger partial charge < -0.3 is 19.9 Å². The number of nitrogens with zero attached hydrogens (tertiary/aromatic N) is 4. The molecule has 0 atom stereocenters. The van der Waals surface area contributed by atoms with E-state index >= 15 is 0 Å². The molecule has 7 heteroatoms. The highest BCUT2D eigenvalue weighted by molar-refractivity contribution is 5.14. The maximum Gasteiger partial charge on any atom is 0.383 e. The number of ether oxygens (including phenoxy) is 1. The summed E-state index contributed by atoms with van der Waals surface area (Å²) in [4.78, 5) is 13.6. The highest BCUT2D eigenvalue weighted by Gasteiger charge is 2.16. The van der Waals surface area contributed by atoms with Gasteiger partial charge in [0.25, 0.3) is 0 Å². The van der Waals surface area contributed by atoms with Gasteiger partial charge in [0.1, 0.15) is 6.20 Å². The molecule has 1 aliphatic rings. The Labute approximate surface area is 80.0 Å². The Hall–Kier alpha value is -1.63. The van der Waals surface area contributed by atoms with Crippen LogP contribution in [0.4, 0.5) is 5.82 Å². The average Bonchev–Trinajstić information content (AvgIpc) is 2.68. The molecule has 0 aliphatic carbocycles. The normalized spacial score (nSPS) is 17.0. The third-order valence-corrected chi connectivity index (χ3v) is 2.06. The van der Waals surface area contributed by atoms with Crippen molar-refractivity contribution in [1.82, 2.24) is 9.66 Å². The fourth-order valence-electron chi connectivity index (χ4n) is 1.34. The molecule has 0 saturated carbocycles. The molecule has 0 bridgehead atoms. The van der Waals surface area contributed by atoms with Crippen molar-refractivity contribution in [1.29, 1.82) is 0 Å². The summed E-state index contributed by atoms with van der Waals surface area (Å²) in [5, 5.41) is 12.3. The summed E-state index contributed by atoms with van der Waals surface area (Å²) in [6, 6.07) is 0. The maximum absolute atomic E-state index is 10.4. The molecule has 1 fully saturated rings. The smallest absolute Gasteiger partial charge is 0.378 e. The molecule has 2 rings (SSSR count). The summed E-state index contributed by atoms with van der Waals surface area (Å²) in [5.74, 6) is -0.128. The molecule has 7 nitrogen and oxygen atoms in total. The third-order valence-electron chi connectivity index (χ3n) is 2.06. The van der Waals surface area contributed by atoms with Gasteiger partial charge in [-0.05, 0) is 9.91 Å². The molecule has 1 aromatic heterocycles. The molecular formula is C7H10N4O3. The second-order valence-electron chi connectivity index (χ2n) is 2.94. The van der Waals surface area contributed by atoms with Gasteiger partial charge in [0.05, 0.1) is 26.3 Å². The summed E-state index contributed by atoms with van der Waals surface area (Å²) in [6.45, 7) is 2.75. The molecule has 0 aromatic carbocycles. The maximum atomic E-state index is 10.4. The SMILES string of the molecule is O=[N+]([O-])c1cn(N2CCOCC2)cn1. The first-order valence-corrected chi connectivity index (χ1v) is 4.29. The molecule has 1 aromatic rings. The molecule has 2 heterocycles. The lowest BCUT2D eigenvalue weighted by Gasteiger charge is -2.28. The molecular weight excluding hydrogens is 188 g/mol. The fraction of sp³-hybridized carbons (Fsp3) is 0.571. The third kappa shape index (κ3) is 1.67. The molecule has 0 unspecified atom stereocenters. The van der Waals surface area contributed by atoms with Crippen LogP contribution in [-0.4, -0.2) is 40.9 Å². The number of hydrogen-bond donors (Lipinski definition) is 0. The zero-order valence-corrected chi connectivity index (χ0v) is 7.50.